The van der Waals surface area contributed by atoms with Gasteiger partial charge in [-0.1, -0.05) is 6.07 Å². The molecule has 1 atom stereocenters. The van der Waals surface area contributed by atoms with E-state index in [0.717, 1.165) is 16.7 Å². The van der Waals surface area contributed by atoms with Crippen LogP contribution < -0.4 is 21.5 Å². The van der Waals surface area contributed by atoms with Crippen LogP contribution in [0.15, 0.2) is 30.3 Å². The van der Waals surface area contributed by atoms with Gasteiger partial charge in [-0.15, -0.1) is 0 Å². The van der Waals surface area contributed by atoms with Gasteiger partial charge in [0.1, 0.15) is 11.3 Å². The number of carbonyl (C=O) groups excluding carboxylic acids is 2. The lowest BCUT2D eigenvalue weighted by atomic mass is 9.93. The van der Waals surface area contributed by atoms with E-state index in [9.17, 15) is 19.5 Å². The van der Waals surface area contributed by atoms with Gasteiger partial charge in [0, 0.05) is 12.1 Å². The molecule has 29 heavy (non-hydrogen) atoms. The van der Waals surface area contributed by atoms with E-state index < -0.39 is 23.8 Å². The second kappa shape index (κ2) is 9.20. The third kappa shape index (κ3) is 5.32. The zero-order chi connectivity index (χ0) is 21.7. The predicted octanol–water partition coefficient (Wildman–Crippen LogP) is 1.30. The SMILES string of the molecule is COc1ccc(CNC(Cc2c(C)cc(C(N)=O)cc2C)C(N)=O)cc1C(=O)O. The molecule has 0 aliphatic heterocycles. The second-order valence-corrected chi connectivity index (χ2v) is 6.83. The molecule has 0 fully saturated rings. The summed E-state index contributed by atoms with van der Waals surface area (Å²) in [7, 11) is 1.40. The number of hydrogen-bond acceptors (Lipinski definition) is 5. The molecule has 2 amide bonds. The minimum Gasteiger partial charge on any atom is -0.496 e. The van der Waals surface area contributed by atoms with Gasteiger partial charge in [-0.2, -0.15) is 0 Å². The normalized spacial score (nSPS) is 11.7. The number of carboxylic acid groups (broad SMARTS) is 1. The molecule has 0 saturated carbocycles. The van der Waals surface area contributed by atoms with Crippen molar-refractivity contribution in [1.29, 1.82) is 0 Å². The van der Waals surface area contributed by atoms with Gasteiger partial charge in [0.05, 0.1) is 13.2 Å². The smallest absolute Gasteiger partial charge is 0.339 e. The summed E-state index contributed by atoms with van der Waals surface area (Å²) in [6, 6.07) is 7.47. The van der Waals surface area contributed by atoms with Gasteiger partial charge in [-0.3, -0.25) is 9.59 Å². The number of aryl methyl sites for hydroxylation is 2. The quantitative estimate of drug-likeness (QED) is 0.500. The van der Waals surface area contributed by atoms with Gasteiger partial charge in [-0.05, 0) is 66.8 Å². The van der Waals surface area contributed by atoms with Gasteiger partial charge in [0.25, 0.3) is 0 Å². The minimum atomic E-state index is -1.10. The van der Waals surface area contributed by atoms with Crippen LogP contribution in [0.2, 0.25) is 0 Å². The van der Waals surface area contributed by atoms with Crippen molar-refractivity contribution in [2.24, 2.45) is 11.5 Å². The molecule has 8 heteroatoms. The number of carboxylic acids is 1. The van der Waals surface area contributed by atoms with Crippen LogP contribution in [0, 0.1) is 13.8 Å². The summed E-state index contributed by atoms with van der Waals surface area (Å²) in [5.41, 5.74) is 14.6. The number of nitrogens with one attached hydrogen (secondary N) is 1. The summed E-state index contributed by atoms with van der Waals surface area (Å²) in [6.45, 7) is 3.93. The Morgan fingerprint density at radius 1 is 1.10 bits per heavy atom. The Balaban J connectivity index is 2.20. The fourth-order valence-corrected chi connectivity index (χ4v) is 3.21. The molecule has 1 unspecified atom stereocenters. The lowest BCUT2D eigenvalue weighted by molar-refractivity contribution is -0.120. The van der Waals surface area contributed by atoms with Crippen molar-refractivity contribution in [3.63, 3.8) is 0 Å². The lowest BCUT2D eigenvalue weighted by Gasteiger charge is -2.19. The molecule has 0 radical (unpaired) electrons. The van der Waals surface area contributed by atoms with E-state index in [1.165, 1.54) is 13.2 Å². The van der Waals surface area contributed by atoms with Gasteiger partial charge in [-0.25, -0.2) is 4.79 Å². The van der Waals surface area contributed by atoms with E-state index in [2.05, 4.69) is 5.32 Å². The van der Waals surface area contributed by atoms with E-state index in [1.54, 1.807) is 24.3 Å². The zero-order valence-corrected chi connectivity index (χ0v) is 16.6. The van der Waals surface area contributed by atoms with E-state index in [4.69, 9.17) is 16.2 Å². The van der Waals surface area contributed by atoms with Gasteiger partial charge >= 0.3 is 5.97 Å². The highest BCUT2D eigenvalue weighted by molar-refractivity contribution is 5.93. The van der Waals surface area contributed by atoms with Crippen molar-refractivity contribution in [3.05, 3.63) is 63.7 Å². The molecule has 0 spiro atoms. The van der Waals surface area contributed by atoms with Crippen LogP contribution >= 0.6 is 0 Å². The lowest BCUT2D eigenvalue weighted by Crippen LogP contribution is -2.42. The van der Waals surface area contributed by atoms with Crippen LogP contribution in [0.5, 0.6) is 5.75 Å². The number of aromatic carboxylic acids is 1. The molecular weight excluding hydrogens is 374 g/mol. The summed E-state index contributed by atoms with van der Waals surface area (Å²) < 4.78 is 5.05. The highest BCUT2D eigenvalue weighted by atomic mass is 16.5. The van der Waals surface area contributed by atoms with Crippen LogP contribution in [0.4, 0.5) is 0 Å². The van der Waals surface area contributed by atoms with Crippen molar-refractivity contribution in [3.8, 4) is 5.75 Å². The van der Waals surface area contributed by atoms with Crippen LogP contribution in [0.3, 0.4) is 0 Å². The Bertz CT molecular complexity index is 932. The van der Waals surface area contributed by atoms with Crippen molar-refractivity contribution in [1.82, 2.24) is 5.32 Å². The largest absolute Gasteiger partial charge is 0.496 e. The third-order valence-electron chi connectivity index (χ3n) is 4.78. The van der Waals surface area contributed by atoms with Gasteiger partial charge in [0.2, 0.25) is 11.8 Å². The third-order valence-corrected chi connectivity index (χ3v) is 4.78. The molecule has 154 valence electrons. The predicted molar refractivity (Wildman–Crippen MR) is 108 cm³/mol. The average molecular weight is 399 g/mol. The summed E-state index contributed by atoms with van der Waals surface area (Å²) >= 11 is 0. The Kier molecular flexibility index (Phi) is 6.95. The van der Waals surface area contributed by atoms with Crippen molar-refractivity contribution in [2.45, 2.75) is 32.9 Å². The molecule has 0 saturated heterocycles. The Morgan fingerprint density at radius 2 is 1.72 bits per heavy atom. The molecule has 0 aliphatic carbocycles. The molecule has 2 aromatic carbocycles. The number of nitrogens with two attached hydrogens (primary N) is 2. The number of methoxy groups -OCH3 is 1. The minimum absolute atomic E-state index is 0.0381. The van der Waals surface area contributed by atoms with Gasteiger partial charge < -0.3 is 26.6 Å². The number of rotatable bonds is 9. The molecule has 0 aromatic heterocycles. The Morgan fingerprint density at radius 3 is 2.21 bits per heavy atom. The molecular formula is C21H25N3O5. The molecule has 0 heterocycles. The van der Waals surface area contributed by atoms with Crippen molar-refractivity contribution in [2.75, 3.05) is 7.11 Å². The standard InChI is InChI=1S/C21H25N3O5/c1-11-6-14(19(22)25)7-12(2)15(11)9-17(20(23)26)24-10-13-4-5-18(29-3)16(8-13)21(27)28/h4-8,17,24H,9-10H2,1-3H3,(H2,22,25)(H2,23,26)(H,27,28). The van der Waals surface area contributed by atoms with Crippen LogP contribution in [0.25, 0.3) is 0 Å². The van der Waals surface area contributed by atoms with E-state index in [1.807, 2.05) is 13.8 Å². The van der Waals surface area contributed by atoms with Crippen LogP contribution in [0.1, 0.15) is 43.0 Å². The summed E-state index contributed by atoms with van der Waals surface area (Å²) in [4.78, 5) is 34.7. The first-order chi connectivity index (χ1) is 13.6. The second-order valence-electron chi connectivity index (χ2n) is 6.83. The number of hydrogen-bond donors (Lipinski definition) is 4. The number of primary amides is 2. The van der Waals surface area contributed by atoms with E-state index in [0.29, 0.717) is 17.5 Å². The first-order valence-electron chi connectivity index (χ1n) is 8.96. The van der Waals surface area contributed by atoms with Crippen molar-refractivity contribution < 1.29 is 24.2 Å². The number of carbonyl (C=O) groups is 3. The topological polar surface area (TPSA) is 145 Å². The number of benzene rings is 2. The first-order valence-corrected chi connectivity index (χ1v) is 8.96. The van der Waals surface area contributed by atoms with E-state index in [-0.39, 0.29) is 17.9 Å². The maximum Gasteiger partial charge on any atom is 0.339 e. The van der Waals surface area contributed by atoms with Crippen LogP contribution in [-0.2, 0) is 17.8 Å². The molecule has 2 aromatic rings. The highest BCUT2D eigenvalue weighted by Gasteiger charge is 2.19. The zero-order valence-electron chi connectivity index (χ0n) is 16.6. The summed E-state index contributed by atoms with van der Waals surface area (Å²) in [6.07, 6.45) is 0.327. The maximum absolute atomic E-state index is 12.0. The number of amides is 2. The molecule has 0 bridgehead atoms. The highest BCUT2D eigenvalue weighted by Crippen LogP contribution is 2.21. The number of ether oxygens (including phenoxy) is 1. The molecule has 8 nitrogen and oxygen atoms in total. The first kappa shape index (κ1) is 21.9. The Hall–Kier alpha value is -3.39. The fourth-order valence-electron chi connectivity index (χ4n) is 3.21. The fraction of sp³-hybridized carbons (Fsp3) is 0.286. The summed E-state index contributed by atoms with van der Waals surface area (Å²) in [5.74, 6) is -1.89. The summed E-state index contributed by atoms with van der Waals surface area (Å²) in [5, 5.41) is 12.4. The van der Waals surface area contributed by atoms with Crippen LogP contribution in [-0.4, -0.2) is 36.0 Å². The molecule has 6 N–H and O–H groups in total. The monoisotopic (exact) mass is 399 g/mol. The Labute approximate surface area is 168 Å². The maximum atomic E-state index is 12.0. The van der Waals surface area contributed by atoms with Crippen molar-refractivity contribution >= 4 is 17.8 Å². The van der Waals surface area contributed by atoms with E-state index >= 15 is 0 Å². The van der Waals surface area contributed by atoms with Gasteiger partial charge in [0.15, 0.2) is 0 Å². The average Bonchev–Trinajstić information content (AvgIpc) is 2.66. The molecule has 2 rings (SSSR count). The molecule has 0 aliphatic rings.